The molecule has 0 aliphatic carbocycles. The van der Waals surface area contributed by atoms with Crippen LogP contribution in [-0.2, 0) is 14.4 Å². The number of nitrogens with one attached hydrogen (secondary N) is 2. The van der Waals surface area contributed by atoms with Gasteiger partial charge in [-0.15, -0.1) is 0 Å². The van der Waals surface area contributed by atoms with Crippen molar-refractivity contribution in [1.82, 2.24) is 5.32 Å². The molecule has 15 nitrogen and oxygen atoms in total. The summed E-state index contributed by atoms with van der Waals surface area (Å²) in [6.07, 6.45) is -2.81. The summed E-state index contributed by atoms with van der Waals surface area (Å²) in [6, 6.07) is 0. The molecule has 0 heterocycles. The minimum atomic E-state index is -1.40. The molecule has 18 heteroatoms. The molecule has 35 heavy (non-hydrogen) atoms. The third-order valence-electron chi connectivity index (χ3n) is 3.35. The molecule has 0 aromatic heterocycles. The molecular formula is C17H23I3N4O11. The Hall–Kier alpha value is -1.44. The number of primary amides is 2. The molecule has 3 amide bonds. The number of halogens is 3. The normalized spacial score (nSPS) is 11.5. The van der Waals surface area contributed by atoms with Crippen LogP contribution >= 0.6 is 67.8 Å². The average molecular weight is 840 g/mol. The minimum absolute atomic E-state index is 0.0307. The maximum Gasteiger partial charge on any atom is 0.337 e. The Balaban J connectivity index is 0. The minimum Gasteiger partial charge on any atom is -0.478 e. The molecule has 198 valence electrons. The molecule has 0 aliphatic heterocycles. The smallest absolute Gasteiger partial charge is 0.337 e. The van der Waals surface area contributed by atoms with Gasteiger partial charge < -0.3 is 52.7 Å². The zero-order valence-corrected chi connectivity index (χ0v) is 24.3. The second-order valence-corrected chi connectivity index (χ2v) is 9.19. The molecule has 0 aliphatic rings. The molecule has 0 radical (unpaired) electrons. The van der Waals surface area contributed by atoms with Gasteiger partial charge in [-0.2, -0.15) is 0 Å². The van der Waals surface area contributed by atoms with Crippen molar-refractivity contribution in [3.8, 4) is 0 Å². The second kappa shape index (κ2) is 17.9. The van der Waals surface area contributed by atoms with E-state index in [9.17, 15) is 34.2 Å². The fraction of sp³-hybridized carbons (Fsp3) is 0.353. The standard InChI is InChI=1S/C11H9I3N2O5.2C3H7NO3/c1-15-2-3(17)16-9-7(13)4(10(18)19)6(12)5(8(9)14)11(20)21;2*4-3(7)2(6)1-5/h15H,2H2,1H3,(H,16,17)(H,18,19)(H,20,21);2*2,5-6H,1H2,(H2,4,7). The third kappa shape index (κ3) is 12.4. The van der Waals surface area contributed by atoms with Crippen LogP contribution in [0.2, 0.25) is 0 Å². The fourth-order valence-electron chi connectivity index (χ4n) is 1.67. The Morgan fingerprint density at radius 2 is 1.14 bits per heavy atom. The maximum atomic E-state index is 11.7. The Bertz CT molecular complexity index is 885. The van der Waals surface area contributed by atoms with Gasteiger partial charge in [0.1, 0.15) is 0 Å². The molecule has 1 aromatic carbocycles. The van der Waals surface area contributed by atoms with E-state index in [0.717, 1.165) is 0 Å². The topological polar surface area (TPSA) is 283 Å². The van der Waals surface area contributed by atoms with Gasteiger partial charge in [0.25, 0.3) is 0 Å². The zero-order chi connectivity index (χ0) is 28.0. The second-order valence-electron chi connectivity index (χ2n) is 5.96. The first-order valence-electron chi connectivity index (χ1n) is 8.86. The summed E-state index contributed by atoms with van der Waals surface area (Å²) in [5, 5.41) is 56.1. The average Bonchev–Trinajstić information content (AvgIpc) is 2.75. The number of carbonyl (C=O) groups excluding carboxylic acids is 3. The van der Waals surface area contributed by atoms with Crippen LogP contribution in [0.4, 0.5) is 5.69 Å². The van der Waals surface area contributed by atoms with Crippen LogP contribution in [0.1, 0.15) is 20.7 Å². The van der Waals surface area contributed by atoms with Crippen LogP contribution in [0.15, 0.2) is 0 Å². The Labute approximate surface area is 239 Å². The summed E-state index contributed by atoms with van der Waals surface area (Å²) in [6.45, 7) is -1.17. The number of likely N-dealkylation sites (N-methyl/N-ethyl adjacent to an activating group) is 1. The molecule has 1 rings (SSSR count). The zero-order valence-electron chi connectivity index (χ0n) is 17.8. The first-order valence-corrected chi connectivity index (χ1v) is 12.1. The number of aliphatic hydroxyl groups is 4. The first-order chi connectivity index (χ1) is 16.1. The van der Waals surface area contributed by atoms with Crippen molar-refractivity contribution < 1.29 is 54.6 Å². The molecule has 2 unspecified atom stereocenters. The number of amides is 3. The molecule has 1 aromatic rings. The van der Waals surface area contributed by atoms with E-state index in [1.807, 2.05) is 0 Å². The van der Waals surface area contributed by atoms with E-state index in [4.69, 9.17) is 20.4 Å². The lowest BCUT2D eigenvalue weighted by molar-refractivity contribution is -0.128. The summed E-state index contributed by atoms with van der Waals surface area (Å²) in [7, 11) is 1.59. The van der Waals surface area contributed by atoms with Gasteiger partial charge in [0.2, 0.25) is 17.7 Å². The summed E-state index contributed by atoms with van der Waals surface area (Å²) >= 11 is 5.27. The number of benzene rings is 1. The highest BCUT2D eigenvalue weighted by atomic mass is 127. The van der Waals surface area contributed by atoms with Crippen LogP contribution in [0, 0.1) is 10.7 Å². The van der Waals surface area contributed by atoms with Crippen molar-refractivity contribution in [3.05, 3.63) is 21.8 Å². The van der Waals surface area contributed by atoms with Gasteiger partial charge in [0, 0.05) is 3.57 Å². The number of rotatable bonds is 9. The highest BCUT2D eigenvalue weighted by molar-refractivity contribution is 14.1. The highest BCUT2D eigenvalue weighted by Gasteiger charge is 2.28. The van der Waals surface area contributed by atoms with Crippen molar-refractivity contribution in [3.63, 3.8) is 0 Å². The van der Waals surface area contributed by atoms with E-state index in [0.29, 0.717) is 7.14 Å². The molecule has 0 spiro atoms. The molecule has 2 atom stereocenters. The van der Waals surface area contributed by atoms with Gasteiger partial charge in [-0.1, -0.05) is 0 Å². The van der Waals surface area contributed by atoms with Crippen molar-refractivity contribution in [2.45, 2.75) is 12.2 Å². The number of hydrogen-bond donors (Lipinski definition) is 10. The van der Waals surface area contributed by atoms with Crippen LogP contribution in [0.3, 0.4) is 0 Å². The van der Waals surface area contributed by atoms with Gasteiger partial charge in [-0.05, 0) is 74.8 Å². The fourth-order valence-corrected chi connectivity index (χ4v) is 6.03. The molecule has 12 N–H and O–H groups in total. The van der Waals surface area contributed by atoms with E-state index in [-0.39, 0.29) is 32.8 Å². The SMILES string of the molecule is CNCC(=O)Nc1c(I)c(C(=O)O)c(I)c(C(=O)O)c1I.NC(=O)C(O)CO.NC(=O)C(O)CO. The molecule has 0 fully saturated rings. The summed E-state index contributed by atoms with van der Waals surface area (Å²) in [4.78, 5) is 53.9. The predicted octanol–water partition coefficient (Wildman–Crippen LogP) is -2.30. The third-order valence-corrected chi connectivity index (χ3v) is 6.59. The van der Waals surface area contributed by atoms with Crippen LogP contribution in [0.25, 0.3) is 0 Å². The van der Waals surface area contributed by atoms with Crippen LogP contribution in [0.5, 0.6) is 0 Å². The van der Waals surface area contributed by atoms with E-state index in [2.05, 4.69) is 22.1 Å². The first kappa shape index (κ1) is 35.7. The lowest BCUT2D eigenvalue weighted by atomic mass is 10.1. The monoisotopic (exact) mass is 840 g/mol. The summed E-state index contributed by atoms with van der Waals surface area (Å²) < 4.78 is 0.722. The van der Waals surface area contributed by atoms with Crippen LogP contribution < -0.4 is 22.1 Å². The highest BCUT2D eigenvalue weighted by Crippen LogP contribution is 2.35. The van der Waals surface area contributed by atoms with E-state index < -0.39 is 49.2 Å². The van der Waals surface area contributed by atoms with Crippen LogP contribution in [-0.4, -0.2) is 99.3 Å². The van der Waals surface area contributed by atoms with Crippen molar-refractivity contribution in [2.24, 2.45) is 11.5 Å². The van der Waals surface area contributed by atoms with Gasteiger partial charge in [0.05, 0.1) is 43.7 Å². The predicted molar refractivity (Wildman–Crippen MR) is 146 cm³/mol. The van der Waals surface area contributed by atoms with Crippen molar-refractivity contribution in [2.75, 3.05) is 32.1 Å². The van der Waals surface area contributed by atoms with E-state index in [1.165, 1.54) is 0 Å². The lowest BCUT2D eigenvalue weighted by Gasteiger charge is -2.16. The van der Waals surface area contributed by atoms with E-state index in [1.54, 1.807) is 74.8 Å². The number of anilines is 1. The molecule has 0 saturated carbocycles. The Morgan fingerprint density at radius 1 is 0.800 bits per heavy atom. The number of carboxylic acid groups (broad SMARTS) is 2. The van der Waals surface area contributed by atoms with Gasteiger partial charge in [0.15, 0.2) is 12.2 Å². The van der Waals surface area contributed by atoms with Gasteiger partial charge >= 0.3 is 11.9 Å². The molecular weight excluding hydrogens is 817 g/mol. The lowest BCUT2D eigenvalue weighted by Crippen LogP contribution is -2.30. The summed E-state index contributed by atoms with van der Waals surface area (Å²) in [5.41, 5.74) is 8.93. The van der Waals surface area contributed by atoms with Gasteiger partial charge in [-0.25, -0.2) is 9.59 Å². The Morgan fingerprint density at radius 3 is 1.34 bits per heavy atom. The van der Waals surface area contributed by atoms with Gasteiger partial charge in [-0.3, -0.25) is 14.4 Å². The summed E-state index contributed by atoms with van der Waals surface area (Å²) in [5.74, 6) is -4.68. The number of nitrogens with two attached hydrogens (primary N) is 2. The maximum absolute atomic E-state index is 11.7. The molecule has 0 saturated heterocycles. The molecule has 0 bridgehead atoms. The largest absolute Gasteiger partial charge is 0.478 e. The number of aliphatic hydroxyl groups excluding tert-OH is 4. The quantitative estimate of drug-likeness (QED) is 0.118. The van der Waals surface area contributed by atoms with Crippen molar-refractivity contribution >= 4 is 103 Å². The van der Waals surface area contributed by atoms with Crippen molar-refractivity contribution in [1.29, 1.82) is 0 Å². The Kier molecular flexibility index (Phi) is 18.3. The van der Waals surface area contributed by atoms with E-state index >= 15 is 0 Å². The number of aromatic carboxylic acids is 2. The number of carbonyl (C=O) groups is 5. The number of hydrogen-bond acceptors (Lipinski definition) is 10. The number of carboxylic acids is 2.